The molecule has 122 valence electrons. The van der Waals surface area contributed by atoms with E-state index in [2.05, 4.69) is 38.7 Å². The Labute approximate surface area is 136 Å². The van der Waals surface area contributed by atoms with E-state index < -0.39 is 0 Å². The maximum atomic E-state index is 12.1. The van der Waals surface area contributed by atoms with E-state index in [0.29, 0.717) is 11.8 Å². The zero-order valence-corrected chi connectivity index (χ0v) is 13.7. The molecule has 2 aromatic rings. The fourth-order valence-corrected chi connectivity index (χ4v) is 3.55. The van der Waals surface area contributed by atoms with Gasteiger partial charge in [0, 0.05) is 63.5 Å². The number of hydrogen-bond donors (Lipinski definition) is 0. The van der Waals surface area contributed by atoms with Crippen LogP contribution in [0.5, 0.6) is 0 Å². The van der Waals surface area contributed by atoms with E-state index in [9.17, 15) is 4.79 Å². The quantitative estimate of drug-likeness (QED) is 0.862. The average Bonchev–Trinajstić information content (AvgIpc) is 3.39. The number of amides is 1. The van der Waals surface area contributed by atoms with Gasteiger partial charge in [0.05, 0.1) is 0 Å². The van der Waals surface area contributed by atoms with E-state index in [4.69, 9.17) is 0 Å². The van der Waals surface area contributed by atoms with Crippen LogP contribution in [0.15, 0.2) is 24.5 Å². The highest BCUT2D eigenvalue weighted by atomic mass is 16.2. The number of aryl methyl sites for hydroxylation is 1. The Hall–Kier alpha value is -1.88. The van der Waals surface area contributed by atoms with Gasteiger partial charge in [0.2, 0.25) is 5.91 Å². The molecule has 1 aliphatic carbocycles. The molecule has 0 radical (unpaired) electrons. The van der Waals surface area contributed by atoms with E-state index in [0.717, 1.165) is 57.6 Å². The van der Waals surface area contributed by atoms with Gasteiger partial charge >= 0.3 is 0 Å². The summed E-state index contributed by atoms with van der Waals surface area (Å²) >= 11 is 0. The summed E-state index contributed by atoms with van der Waals surface area (Å²) in [5.41, 5.74) is 2.43. The number of rotatable bonds is 4. The predicted octanol–water partition coefficient (Wildman–Crippen LogP) is 1.67. The van der Waals surface area contributed by atoms with Gasteiger partial charge < -0.3 is 9.47 Å². The Kier molecular flexibility index (Phi) is 3.81. The molecule has 1 saturated carbocycles. The minimum atomic E-state index is 0.352. The van der Waals surface area contributed by atoms with E-state index in [1.807, 2.05) is 12.3 Å². The Morgan fingerprint density at radius 1 is 1.26 bits per heavy atom. The molecule has 0 bridgehead atoms. The number of hydrogen-bond acceptors (Lipinski definition) is 3. The number of nitrogens with zero attached hydrogens (tertiary/aromatic N) is 4. The van der Waals surface area contributed by atoms with Gasteiger partial charge in [0.1, 0.15) is 5.65 Å². The molecule has 1 saturated heterocycles. The van der Waals surface area contributed by atoms with Crippen LogP contribution in [-0.4, -0.2) is 58.0 Å². The van der Waals surface area contributed by atoms with E-state index in [1.54, 1.807) is 0 Å². The highest BCUT2D eigenvalue weighted by molar-refractivity contribution is 5.81. The van der Waals surface area contributed by atoms with Gasteiger partial charge in [0.25, 0.3) is 0 Å². The molecule has 4 rings (SSSR count). The number of carbonyl (C=O) groups is 1. The monoisotopic (exact) mass is 312 g/mol. The average molecular weight is 312 g/mol. The van der Waals surface area contributed by atoms with Crippen molar-refractivity contribution in [3.05, 3.63) is 30.1 Å². The largest absolute Gasteiger partial charge is 0.340 e. The van der Waals surface area contributed by atoms with Crippen LogP contribution >= 0.6 is 0 Å². The molecule has 23 heavy (non-hydrogen) atoms. The van der Waals surface area contributed by atoms with Crippen molar-refractivity contribution in [2.24, 2.45) is 13.0 Å². The second kappa shape index (κ2) is 5.96. The lowest BCUT2D eigenvalue weighted by Crippen LogP contribution is -2.49. The number of carbonyl (C=O) groups excluding carboxylic acids is 1. The summed E-state index contributed by atoms with van der Waals surface area (Å²) in [7, 11) is 2.06. The molecule has 1 aliphatic heterocycles. The van der Waals surface area contributed by atoms with Gasteiger partial charge in [-0.2, -0.15) is 0 Å². The first-order valence-electron chi connectivity index (χ1n) is 8.62. The van der Waals surface area contributed by atoms with Gasteiger partial charge in [-0.15, -0.1) is 0 Å². The molecule has 0 N–H and O–H groups in total. The molecule has 0 atom stereocenters. The smallest absolute Gasteiger partial charge is 0.225 e. The van der Waals surface area contributed by atoms with Crippen molar-refractivity contribution in [1.29, 1.82) is 0 Å². The van der Waals surface area contributed by atoms with Crippen LogP contribution in [0.2, 0.25) is 0 Å². The Bertz CT molecular complexity index is 711. The molecule has 0 spiro atoms. The fourth-order valence-electron chi connectivity index (χ4n) is 3.55. The lowest BCUT2D eigenvalue weighted by Gasteiger charge is -2.34. The van der Waals surface area contributed by atoms with Crippen LogP contribution in [0.25, 0.3) is 11.0 Å². The highest BCUT2D eigenvalue weighted by Crippen LogP contribution is 2.31. The Balaban J connectivity index is 1.34. The fraction of sp³-hybridized carbons (Fsp3) is 0.556. The van der Waals surface area contributed by atoms with Crippen LogP contribution in [0.4, 0.5) is 0 Å². The van der Waals surface area contributed by atoms with Crippen molar-refractivity contribution < 1.29 is 4.79 Å². The normalized spacial score (nSPS) is 19.4. The van der Waals surface area contributed by atoms with Gasteiger partial charge in [-0.1, -0.05) is 0 Å². The van der Waals surface area contributed by atoms with Crippen LogP contribution in [0, 0.1) is 5.92 Å². The number of pyridine rings is 1. The van der Waals surface area contributed by atoms with Gasteiger partial charge in [-0.25, -0.2) is 4.98 Å². The molecule has 0 unspecified atom stereocenters. The maximum absolute atomic E-state index is 12.1. The zero-order chi connectivity index (χ0) is 15.8. The summed E-state index contributed by atoms with van der Waals surface area (Å²) in [4.78, 5) is 21.1. The second-order valence-corrected chi connectivity index (χ2v) is 6.83. The van der Waals surface area contributed by atoms with Crippen molar-refractivity contribution in [3.63, 3.8) is 0 Å². The van der Waals surface area contributed by atoms with E-state index in [-0.39, 0.29) is 0 Å². The summed E-state index contributed by atoms with van der Waals surface area (Å²) in [5, 5.41) is 1.26. The molecular weight excluding hydrogens is 288 g/mol. The van der Waals surface area contributed by atoms with Gasteiger partial charge in [-0.05, 0) is 37.0 Å². The van der Waals surface area contributed by atoms with Crippen LogP contribution < -0.4 is 0 Å². The third kappa shape index (κ3) is 2.98. The summed E-state index contributed by atoms with van der Waals surface area (Å²) in [6, 6.07) is 4.16. The highest BCUT2D eigenvalue weighted by Gasteiger charge is 2.34. The predicted molar refractivity (Wildman–Crippen MR) is 90.2 cm³/mol. The third-order valence-corrected chi connectivity index (χ3v) is 5.12. The lowest BCUT2D eigenvalue weighted by molar-refractivity contribution is -0.134. The van der Waals surface area contributed by atoms with E-state index in [1.165, 1.54) is 10.9 Å². The molecule has 5 nitrogen and oxygen atoms in total. The molecule has 2 aliphatic rings. The first-order chi connectivity index (χ1) is 11.2. The molecular formula is C18H24N4O. The van der Waals surface area contributed by atoms with E-state index >= 15 is 0 Å². The molecule has 1 amide bonds. The second-order valence-electron chi connectivity index (χ2n) is 6.83. The maximum Gasteiger partial charge on any atom is 0.225 e. The number of fused-ring (bicyclic) bond motifs is 1. The molecule has 5 heteroatoms. The zero-order valence-electron chi connectivity index (χ0n) is 13.7. The van der Waals surface area contributed by atoms with Crippen LogP contribution in [-0.2, 0) is 18.3 Å². The number of aromatic nitrogens is 2. The summed E-state index contributed by atoms with van der Waals surface area (Å²) in [6.45, 7) is 4.85. The van der Waals surface area contributed by atoms with Crippen molar-refractivity contribution in [2.75, 3.05) is 32.7 Å². The summed E-state index contributed by atoms with van der Waals surface area (Å²) < 4.78 is 2.11. The molecule has 3 heterocycles. The van der Waals surface area contributed by atoms with Crippen molar-refractivity contribution in [3.8, 4) is 0 Å². The summed E-state index contributed by atoms with van der Waals surface area (Å²) in [5.74, 6) is 0.745. The number of piperazine rings is 1. The minimum Gasteiger partial charge on any atom is -0.340 e. The first-order valence-corrected chi connectivity index (χ1v) is 8.62. The van der Waals surface area contributed by atoms with Crippen molar-refractivity contribution in [2.45, 2.75) is 19.3 Å². The van der Waals surface area contributed by atoms with Crippen LogP contribution in [0.3, 0.4) is 0 Å². The van der Waals surface area contributed by atoms with Gasteiger partial charge in [-0.3, -0.25) is 9.69 Å². The molecule has 2 fully saturated rings. The standard InChI is InChI=1S/C18H24N4O/c1-20-13-15(16-3-2-7-19-17(16)20)6-8-21-9-11-22(12-10-21)18(23)14-4-5-14/h2-3,7,13-14H,4-6,8-12H2,1H3. The SMILES string of the molecule is Cn1cc(CCN2CCN(C(=O)C3CC3)CC2)c2cccnc21. The third-order valence-electron chi connectivity index (χ3n) is 5.12. The van der Waals surface area contributed by atoms with Crippen molar-refractivity contribution >= 4 is 16.9 Å². The van der Waals surface area contributed by atoms with Gasteiger partial charge in [0.15, 0.2) is 0 Å². The topological polar surface area (TPSA) is 41.4 Å². The van der Waals surface area contributed by atoms with Crippen molar-refractivity contribution in [1.82, 2.24) is 19.4 Å². The Morgan fingerprint density at radius 2 is 2.04 bits per heavy atom. The first kappa shape index (κ1) is 14.7. The minimum absolute atomic E-state index is 0.352. The summed E-state index contributed by atoms with van der Waals surface area (Å²) in [6.07, 6.45) is 7.30. The lowest BCUT2D eigenvalue weighted by atomic mass is 10.1. The molecule has 2 aromatic heterocycles. The van der Waals surface area contributed by atoms with Crippen LogP contribution in [0.1, 0.15) is 18.4 Å². The molecule has 0 aromatic carbocycles. The Morgan fingerprint density at radius 3 is 2.78 bits per heavy atom.